The molecular formula is C22H14BrF3N2O2. The van der Waals surface area contributed by atoms with E-state index in [0.717, 1.165) is 5.56 Å². The lowest BCUT2D eigenvalue weighted by atomic mass is 10.0. The first kappa shape index (κ1) is 20.2. The van der Waals surface area contributed by atoms with E-state index in [2.05, 4.69) is 30.6 Å². The molecule has 0 saturated carbocycles. The Morgan fingerprint density at radius 1 is 0.867 bits per heavy atom. The lowest BCUT2D eigenvalue weighted by Crippen LogP contribution is -2.16. The van der Waals surface area contributed by atoms with Gasteiger partial charge in [0.05, 0.1) is 4.47 Å². The van der Waals surface area contributed by atoms with E-state index in [-0.39, 0.29) is 5.75 Å². The van der Waals surface area contributed by atoms with Crippen molar-refractivity contribution in [3.8, 4) is 22.6 Å². The van der Waals surface area contributed by atoms with E-state index in [1.165, 1.54) is 12.1 Å². The molecule has 30 heavy (non-hydrogen) atoms. The van der Waals surface area contributed by atoms with Gasteiger partial charge in [0, 0.05) is 18.0 Å². The summed E-state index contributed by atoms with van der Waals surface area (Å²) in [5.41, 5.74) is 3.51. The van der Waals surface area contributed by atoms with Crippen LogP contribution in [0.5, 0.6) is 11.5 Å². The summed E-state index contributed by atoms with van der Waals surface area (Å²) < 4.78 is 47.8. The fraction of sp³-hybridized carbons (Fsp3) is 0.0909. The van der Waals surface area contributed by atoms with E-state index in [4.69, 9.17) is 4.74 Å². The molecule has 0 fully saturated rings. The van der Waals surface area contributed by atoms with Gasteiger partial charge in [-0.1, -0.05) is 42.5 Å². The van der Waals surface area contributed by atoms with Gasteiger partial charge in [0.1, 0.15) is 23.4 Å². The van der Waals surface area contributed by atoms with E-state index in [1.54, 1.807) is 24.5 Å². The lowest BCUT2D eigenvalue weighted by molar-refractivity contribution is -0.274. The topological polar surface area (TPSA) is 44.2 Å². The molecule has 0 amide bonds. The number of hydrogen-bond donors (Lipinski definition) is 0. The molecule has 0 radical (unpaired) electrons. The minimum atomic E-state index is -4.74. The van der Waals surface area contributed by atoms with Gasteiger partial charge in [0.15, 0.2) is 5.75 Å². The second-order valence-corrected chi connectivity index (χ2v) is 7.19. The Morgan fingerprint density at radius 3 is 2.20 bits per heavy atom. The predicted octanol–water partition coefficient (Wildman–Crippen LogP) is 6.54. The Kier molecular flexibility index (Phi) is 5.59. The van der Waals surface area contributed by atoms with E-state index in [1.807, 2.05) is 36.4 Å². The number of aromatic nitrogens is 2. The van der Waals surface area contributed by atoms with Crippen LogP contribution < -0.4 is 9.47 Å². The third kappa shape index (κ3) is 4.54. The van der Waals surface area contributed by atoms with Crippen LogP contribution >= 0.6 is 15.9 Å². The van der Waals surface area contributed by atoms with Crippen LogP contribution in [0.25, 0.3) is 22.2 Å². The Bertz CT molecular complexity index is 1170. The summed E-state index contributed by atoms with van der Waals surface area (Å²) in [7, 11) is 0. The molecule has 4 nitrogen and oxygen atoms in total. The maximum Gasteiger partial charge on any atom is 0.573 e. The Labute approximate surface area is 178 Å². The van der Waals surface area contributed by atoms with Crippen LogP contribution in [0.2, 0.25) is 0 Å². The van der Waals surface area contributed by atoms with Crippen molar-refractivity contribution >= 4 is 27.0 Å². The van der Waals surface area contributed by atoms with E-state index >= 15 is 0 Å². The molecule has 0 atom stereocenters. The van der Waals surface area contributed by atoms with Crippen LogP contribution in [0.1, 0.15) is 5.56 Å². The van der Waals surface area contributed by atoms with Crippen molar-refractivity contribution in [3.05, 3.63) is 83.1 Å². The molecule has 0 aliphatic carbocycles. The van der Waals surface area contributed by atoms with Crippen molar-refractivity contribution < 1.29 is 22.6 Å². The van der Waals surface area contributed by atoms with Gasteiger partial charge in [-0.05, 0) is 45.3 Å². The van der Waals surface area contributed by atoms with Crippen molar-refractivity contribution in [3.63, 3.8) is 0 Å². The monoisotopic (exact) mass is 474 g/mol. The number of hydrogen-bond acceptors (Lipinski definition) is 4. The summed E-state index contributed by atoms with van der Waals surface area (Å²) in [6.45, 7) is 0.355. The number of fused-ring (bicyclic) bond motifs is 1. The Hall–Kier alpha value is -3.13. The van der Waals surface area contributed by atoms with Gasteiger partial charge >= 0.3 is 6.36 Å². The number of rotatable bonds is 5. The SMILES string of the molecule is FC(F)(F)Oc1ccc(-c2cc(Br)c(OCc3ccccc3)c3nccnc23)cc1. The number of benzene rings is 3. The predicted molar refractivity (Wildman–Crippen MR) is 110 cm³/mol. The first-order valence-corrected chi connectivity index (χ1v) is 9.66. The molecule has 0 unspecified atom stereocenters. The second kappa shape index (κ2) is 8.31. The molecule has 0 aliphatic heterocycles. The van der Waals surface area contributed by atoms with Crippen LogP contribution in [0.3, 0.4) is 0 Å². The van der Waals surface area contributed by atoms with Crippen LogP contribution in [-0.2, 0) is 6.61 Å². The van der Waals surface area contributed by atoms with Crippen molar-refractivity contribution in [2.75, 3.05) is 0 Å². The van der Waals surface area contributed by atoms with Crippen LogP contribution in [-0.4, -0.2) is 16.3 Å². The van der Waals surface area contributed by atoms with Gasteiger partial charge in [-0.3, -0.25) is 4.98 Å². The number of nitrogens with zero attached hydrogens (tertiary/aromatic N) is 2. The fourth-order valence-corrected chi connectivity index (χ4v) is 3.53. The van der Waals surface area contributed by atoms with Gasteiger partial charge in [0.2, 0.25) is 0 Å². The highest BCUT2D eigenvalue weighted by molar-refractivity contribution is 9.10. The molecule has 8 heteroatoms. The summed E-state index contributed by atoms with van der Waals surface area (Å²) >= 11 is 3.53. The highest BCUT2D eigenvalue weighted by Crippen LogP contribution is 2.39. The Balaban J connectivity index is 1.70. The quantitative estimate of drug-likeness (QED) is 0.329. The molecule has 0 aliphatic rings. The van der Waals surface area contributed by atoms with Crippen molar-refractivity contribution in [1.82, 2.24) is 9.97 Å². The summed E-state index contributed by atoms with van der Waals surface area (Å²) in [6.07, 6.45) is -1.61. The number of alkyl halides is 3. The van der Waals surface area contributed by atoms with Gasteiger partial charge in [0.25, 0.3) is 0 Å². The minimum Gasteiger partial charge on any atom is -0.485 e. The smallest absolute Gasteiger partial charge is 0.485 e. The molecule has 3 aromatic carbocycles. The van der Waals surface area contributed by atoms with E-state index in [0.29, 0.717) is 39.0 Å². The third-order valence-electron chi connectivity index (χ3n) is 4.28. The average molecular weight is 475 g/mol. The first-order chi connectivity index (χ1) is 14.4. The number of halogens is 4. The third-order valence-corrected chi connectivity index (χ3v) is 4.87. The highest BCUT2D eigenvalue weighted by Gasteiger charge is 2.31. The fourth-order valence-electron chi connectivity index (χ4n) is 3.00. The number of ether oxygens (including phenoxy) is 2. The van der Waals surface area contributed by atoms with Gasteiger partial charge in [-0.25, -0.2) is 4.98 Å². The minimum absolute atomic E-state index is 0.288. The largest absolute Gasteiger partial charge is 0.573 e. The van der Waals surface area contributed by atoms with Crippen molar-refractivity contribution in [1.29, 1.82) is 0 Å². The van der Waals surface area contributed by atoms with Crippen molar-refractivity contribution in [2.45, 2.75) is 13.0 Å². The zero-order chi connectivity index (χ0) is 21.1. The lowest BCUT2D eigenvalue weighted by Gasteiger charge is -2.14. The first-order valence-electron chi connectivity index (χ1n) is 8.87. The van der Waals surface area contributed by atoms with Crippen LogP contribution in [0.4, 0.5) is 13.2 Å². The van der Waals surface area contributed by atoms with E-state index in [9.17, 15) is 13.2 Å². The summed E-state index contributed by atoms with van der Waals surface area (Å²) in [5.74, 6) is 0.256. The maximum absolute atomic E-state index is 12.4. The molecule has 152 valence electrons. The molecular weight excluding hydrogens is 461 g/mol. The molecule has 4 rings (SSSR count). The molecule has 0 N–H and O–H groups in total. The van der Waals surface area contributed by atoms with Crippen LogP contribution in [0, 0.1) is 0 Å². The maximum atomic E-state index is 12.4. The van der Waals surface area contributed by atoms with Gasteiger partial charge in [-0.15, -0.1) is 13.2 Å². The molecule has 0 saturated heterocycles. The standard InChI is InChI=1S/C22H14BrF3N2O2/c23-18-12-17(15-6-8-16(9-7-15)30-22(24,25)26)19-20(28-11-10-27-19)21(18)29-13-14-4-2-1-3-5-14/h1-12H,13H2. The van der Waals surface area contributed by atoms with Crippen molar-refractivity contribution in [2.24, 2.45) is 0 Å². The normalized spacial score (nSPS) is 11.5. The zero-order valence-corrected chi connectivity index (χ0v) is 16.9. The van der Waals surface area contributed by atoms with Crippen LogP contribution in [0.15, 0.2) is 77.5 Å². The van der Waals surface area contributed by atoms with Gasteiger partial charge in [-0.2, -0.15) is 0 Å². The summed E-state index contributed by atoms with van der Waals surface area (Å²) in [5, 5.41) is 0. The zero-order valence-electron chi connectivity index (χ0n) is 15.4. The molecule has 4 aromatic rings. The highest BCUT2D eigenvalue weighted by atomic mass is 79.9. The summed E-state index contributed by atoms with van der Waals surface area (Å²) in [6, 6.07) is 17.1. The second-order valence-electron chi connectivity index (χ2n) is 6.34. The average Bonchev–Trinajstić information content (AvgIpc) is 2.73. The molecule has 0 bridgehead atoms. The van der Waals surface area contributed by atoms with Gasteiger partial charge < -0.3 is 9.47 Å². The van der Waals surface area contributed by atoms with E-state index < -0.39 is 6.36 Å². The Morgan fingerprint density at radius 2 is 1.53 bits per heavy atom. The molecule has 0 spiro atoms. The molecule has 1 heterocycles. The summed E-state index contributed by atoms with van der Waals surface area (Å²) in [4.78, 5) is 8.84. The molecule has 1 aromatic heterocycles.